The molecule has 262 valence electrons. The van der Waals surface area contributed by atoms with E-state index >= 15 is 0 Å². The summed E-state index contributed by atoms with van der Waals surface area (Å²) in [7, 11) is 0. The van der Waals surface area contributed by atoms with Gasteiger partial charge in [0.2, 0.25) is 0 Å². The van der Waals surface area contributed by atoms with Gasteiger partial charge in [0.1, 0.15) is 0 Å². The number of nitrogens with zero attached hydrogens (tertiary/aromatic N) is 4. The molecule has 4 heteroatoms. The molecule has 0 aliphatic rings. The van der Waals surface area contributed by atoms with Gasteiger partial charge in [-0.25, -0.2) is 9.97 Å². The summed E-state index contributed by atoms with van der Waals surface area (Å²) >= 11 is 0. The molecule has 0 bridgehead atoms. The van der Waals surface area contributed by atoms with Crippen molar-refractivity contribution >= 4 is 43.6 Å². The zero-order valence-corrected chi connectivity index (χ0v) is 30.4. The van der Waals surface area contributed by atoms with Gasteiger partial charge in [-0.2, -0.15) is 0 Å². The lowest BCUT2D eigenvalue weighted by Gasteiger charge is -2.14. The van der Waals surface area contributed by atoms with Crippen molar-refractivity contribution in [3.8, 4) is 56.4 Å². The number of rotatable bonds is 6. The van der Waals surface area contributed by atoms with Crippen molar-refractivity contribution in [2.75, 3.05) is 0 Å². The first-order valence-corrected chi connectivity index (χ1v) is 19.0. The standard InChI is InChI=1S/C52H34N4/c1-4-15-35(16-5-1)39-21-14-22-41(33-39)56-49-26-13-11-24-43(49)45-32-31-44-42-23-10-12-25-48(42)55(50(44)51(45)56)40-29-27-38(28-30-40)52-53-46(36-17-6-2-7-18-36)34-47(54-52)37-19-8-3-9-20-37/h1-34H. The predicted molar refractivity (Wildman–Crippen MR) is 232 cm³/mol. The summed E-state index contributed by atoms with van der Waals surface area (Å²) in [6.07, 6.45) is 0. The Hall–Kier alpha value is -7.56. The SMILES string of the molecule is c1ccc(-c2cccc(-n3c4ccccc4c4ccc5c6ccccc6n(-c6ccc(-c7nc(-c8ccccc8)cc(-c8ccccc8)n7)cc6)c5c43)c2)cc1. The van der Waals surface area contributed by atoms with Gasteiger partial charge in [0, 0.05) is 49.6 Å². The van der Waals surface area contributed by atoms with Crippen molar-refractivity contribution in [1.82, 2.24) is 19.1 Å². The van der Waals surface area contributed by atoms with Crippen LogP contribution in [0.5, 0.6) is 0 Å². The normalized spacial score (nSPS) is 11.6. The van der Waals surface area contributed by atoms with Crippen LogP contribution in [0.4, 0.5) is 0 Å². The minimum atomic E-state index is 0.694. The highest BCUT2D eigenvalue weighted by Crippen LogP contribution is 2.42. The first kappa shape index (κ1) is 31.9. The summed E-state index contributed by atoms with van der Waals surface area (Å²) in [6.45, 7) is 0. The maximum atomic E-state index is 5.11. The Kier molecular flexibility index (Phi) is 7.46. The Labute approximate surface area is 324 Å². The van der Waals surface area contributed by atoms with Gasteiger partial charge in [-0.15, -0.1) is 0 Å². The summed E-state index contributed by atoms with van der Waals surface area (Å²) in [5.41, 5.74) is 14.1. The van der Waals surface area contributed by atoms with E-state index in [1.807, 2.05) is 12.1 Å². The molecule has 11 aromatic rings. The van der Waals surface area contributed by atoms with Crippen LogP contribution in [0.25, 0.3) is 100 Å². The topological polar surface area (TPSA) is 35.6 Å². The molecule has 0 unspecified atom stereocenters. The molecule has 3 aromatic heterocycles. The van der Waals surface area contributed by atoms with Crippen LogP contribution in [0.15, 0.2) is 206 Å². The molecule has 11 rings (SSSR count). The number of aromatic nitrogens is 4. The summed E-state index contributed by atoms with van der Waals surface area (Å²) in [5.74, 6) is 0.694. The minimum Gasteiger partial charge on any atom is -0.307 e. The lowest BCUT2D eigenvalue weighted by molar-refractivity contribution is 1.14. The molecule has 0 radical (unpaired) electrons. The first-order chi connectivity index (χ1) is 27.8. The van der Waals surface area contributed by atoms with Crippen LogP contribution in [0.1, 0.15) is 0 Å². The molecule has 0 saturated carbocycles. The van der Waals surface area contributed by atoms with E-state index < -0.39 is 0 Å². The fraction of sp³-hybridized carbons (Fsp3) is 0. The highest BCUT2D eigenvalue weighted by molar-refractivity contribution is 6.23. The number of hydrogen-bond donors (Lipinski definition) is 0. The van der Waals surface area contributed by atoms with Gasteiger partial charge < -0.3 is 9.13 Å². The van der Waals surface area contributed by atoms with Crippen LogP contribution in [-0.2, 0) is 0 Å². The Balaban J connectivity index is 1.14. The van der Waals surface area contributed by atoms with Crippen LogP contribution >= 0.6 is 0 Å². The number of benzene rings is 8. The third kappa shape index (κ3) is 5.23. The summed E-state index contributed by atoms with van der Waals surface area (Å²) in [4.78, 5) is 10.2. The minimum absolute atomic E-state index is 0.694. The average molecular weight is 715 g/mol. The van der Waals surface area contributed by atoms with E-state index in [4.69, 9.17) is 9.97 Å². The molecule has 3 heterocycles. The van der Waals surface area contributed by atoms with E-state index in [1.54, 1.807) is 0 Å². The molecule has 4 nitrogen and oxygen atoms in total. The Morgan fingerprint density at radius 3 is 1.30 bits per heavy atom. The molecular weight excluding hydrogens is 681 g/mol. The van der Waals surface area contributed by atoms with Crippen molar-refractivity contribution < 1.29 is 0 Å². The van der Waals surface area contributed by atoms with Crippen LogP contribution in [0.2, 0.25) is 0 Å². The van der Waals surface area contributed by atoms with Crippen molar-refractivity contribution in [3.63, 3.8) is 0 Å². The molecule has 8 aromatic carbocycles. The second-order valence-corrected chi connectivity index (χ2v) is 14.2. The highest BCUT2D eigenvalue weighted by atomic mass is 15.0. The maximum Gasteiger partial charge on any atom is 0.160 e. The molecule has 0 aliphatic carbocycles. The van der Waals surface area contributed by atoms with Gasteiger partial charge in [0.25, 0.3) is 0 Å². The predicted octanol–water partition coefficient (Wildman–Crippen LogP) is 13.3. The van der Waals surface area contributed by atoms with Gasteiger partial charge >= 0.3 is 0 Å². The van der Waals surface area contributed by atoms with Crippen molar-refractivity contribution in [1.29, 1.82) is 0 Å². The third-order valence-corrected chi connectivity index (χ3v) is 10.9. The Bertz CT molecular complexity index is 3160. The molecule has 0 atom stereocenters. The van der Waals surface area contributed by atoms with E-state index in [-0.39, 0.29) is 0 Å². The molecule has 0 amide bonds. The van der Waals surface area contributed by atoms with Gasteiger partial charge in [-0.1, -0.05) is 152 Å². The van der Waals surface area contributed by atoms with E-state index in [0.717, 1.165) is 45.0 Å². The number of para-hydroxylation sites is 2. The lowest BCUT2D eigenvalue weighted by atomic mass is 10.1. The summed E-state index contributed by atoms with van der Waals surface area (Å²) < 4.78 is 4.89. The Morgan fingerprint density at radius 2 is 0.750 bits per heavy atom. The van der Waals surface area contributed by atoms with Gasteiger partial charge in [-0.3, -0.25) is 0 Å². The maximum absolute atomic E-state index is 5.11. The fourth-order valence-electron chi connectivity index (χ4n) is 8.34. The van der Waals surface area contributed by atoms with Crippen LogP contribution < -0.4 is 0 Å². The van der Waals surface area contributed by atoms with E-state index in [9.17, 15) is 0 Å². The molecule has 0 fully saturated rings. The molecule has 0 saturated heterocycles. The summed E-state index contributed by atoms with van der Waals surface area (Å²) in [5, 5.41) is 4.88. The van der Waals surface area contributed by atoms with Crippen LogP contribution in [0.3, 0.4) is 0 Å². The second-order valence-electron chi connectivity index (χ2n) is 14.2. The van der Waals surface area contributed by atoms with E-state index in [0.29, 0.717) is 5.82 Å². The molecular formula is C52H34N4. The number of hydrogen-bond acceptors (Lipinski definition) is 2. The van der Waals surface area contributed by atoms with Crippen LogP contribution in [0, 0.1) is 0 Å². The monoisotopic (exact) mass is 714 g/mol. The highest BCUT2D eigenvalue weighted by Gasteiger charge is 2.21. The second kappa shape index (κ2) is 13.1. The largest absolute Gasteiger partial charge is 0.307 e. The van der Waals surface area contributed by atoms with Gasteiger partial charge in [0.05, 0.1) is 33.5 Å². The van der Waals surface area contributed by atoms with E-state index in [2.05, 4.69) is 203 Å². The lowest BCUT2D eigenvalue weighted by Crippen LogP contribution is -1.99. The average Bonchev–Trinajstić information content (AvgIpc) is 3.80. The zero-order valence-electron chi connectivity index (χ0n) is 30.4. The van der Waals surface area contributed by atoms with Gasteiger partial charge in [0.15, 0.2) is 5.82 Å². The smallest absolute Gasteiger partial charge is 0.160 e. The van der Waals surface area contributed by atoms with Crippen LogP contribution in [-0.4, -0.2) is 19.1 Å². The summed E-state index contributed by atoms with van der Waals surface area (Å²) in [6, 6.07) is 73.2. The number of fused-ring (bicyclic) bond motifs is 7. The third-order valence-electron chi connectivity index (χ3n) is 10.9. The van der Waals surface area contributed by atoms with E-state index in [1.165, 1.54) is 49.2 Å². The zero-order chi connectivity index (χ0) is 37.0. The Morgan fingerprint density at radius 1 is 0.286 bits per heavy atom. The molecule has 0 N–H and O–H groups in total. The quantitative estimate of drug-likeness (QED) is 0.172. The molecule has 56 heavy (non-hydrogen) atoms. The van der Waals surface area contributed by atoms with Crippen molar-refractivity contribution in [2.45, 2.75) is 0 Å². The molecule has 0 spiro atoms. The van der Waals surface area contributed by atoms with Gasteiger partial charge in [-0.05, 0) is 65.7 Å². The van der Waals surface area contributed by atoms with Crippen molar-refractivity contribution in [2.24, 2.45) is 0 Å². The molecule has 0 aliphatic heterocycles. The first-order valence-electron chi connectivity index (χ1n) is 19.0. The fourth-order valence-corrected chi connectivity index (χ4v) is 8.34. The van der Waals surface area contributed by atoms with Crippen molar-refractivity contribution in [3.05, 3.63) is 206 Å².